The molecule has 0 spiro atoms. The molecule has 0 bridgehead atoms. The molecule has 0 aliphatic carbocycles. The molecule has 2 aliphatic heterocycles. The first kappa shape index (κ1) is 32.2. The summed E-state index contributed by atoms with van der Waals surface area (Å²) in [6, 6.07) is 13.9. The molecule has 2 heterocycles. The number of ether oxygens (including phenoxy) is 4. The third-order valence-corrected chi connectivity index (χ3v) is 8.70. The molecule has 240 valence electrons. The Balaban J connectivity index is 1.49. The highest BCUT2D eigenvalue weighted by Gasteiger charge is 2.49. The Kier molecular flexibility index (Phi) is 10.2. The quantitative estimate of drug-likeness (QED) is 0.228. The van der Waals surface area contributed by atoms with Crippen LogP contribution in [0.5, 0.6) is 17.2 Å². The van der Waals surface area contributed by atoms with Gasteiger partial charge in [0.15, 0.2) is 11.6 Å². The highest BCUT2D eigenvalue weighted by Crippen LogP contribution is 2.50. The number of likely N-dealkylation sites (tertiary alicyclic amines) is 1. The van der Waals surface area contributed by atoms with Crippen LogP contribution in [-0.4, -0.2) is 61.6 Å². The van der Waals surface area contributed by atoms with E-state index in [1.54, 1.807) is 19.1 Å². The minimum atomic E-state index is -1.04. The standard InChI is InChI=1S/C35H41FN2O7/c1-5-22-9-8-10-23(6-2)31(22)37-29(39)19-38-18-27(26-17-28(36)34-33(21(26)4)44-20-45-34)30(35(40)41)32(38)24-11-13-25(14-12-24)43-16-15-42-7-3/h8-14,17,27,30,32H,5-7,15-16,18-20H2,1-4H3,(H,37,39)(H,40,41)/t27-,30?,32+/m1/s1. The van der Waals surface area contributed by atoms with Gasteiger partial charge in [-0.3, -0.25) is 14.5 Å². The number of nitrogens with zero attached hydrogens (tertiary/aromatic N) is 1. The molecule has 2 N–H and O–H groups in total. The van der Waals surface area contributed by atoms with Crippen molar-refractivity contribution in [3.63, 3.8) is 0 Å². The van der Waals surface area contributed by atoms with Crippen molar-refractivity contribution < 1.29 is 38.0 Å². The number of carbonyl (C=O) groups is 2. The van der Waals surface area contributed by atoms with E-state index in [1.807, 2.05) is 56.0 Å². The predicted octanol–water partition coefficient (Wildman–Crippen LogP) is 5.88. The second-order valence-electron chi connectivity index (χ2n) is 11.3. The second kappa shape index (κ2) is 14.3. The Morgan fingerprint density at radius 3 is 2.36 bits per heavy atom. The molecule has 45 heavy (non-hydrogen) atoms. The maximum Gasteiger partial charge on any atom is 0.309 e. The van der Waals surface area contributed by atoms with E-state index in [4.69, 9.17) is 18.9 Å². The van der Waals surface area contributed by atoms with E-state index < -0.39 is 29.7 Å². The minimum absolute atomic E-state index is 0.0372. The number of nitrogens with one attached hydrogen (secondary N) is 1. The van der Waals surface area contributed by atoms with E-state index in [0.29, 0.717) is 42.4 Å². The lowest BCUT2D eigenvalue weighted by molar-refractivity contribution is -0.143. The van der Waals surface area contributed by atoms with Crippen LogP contribution in [0.4, 0.5) is 10.1 Å². The minimum Gasteiger partial charge on any atom is -0.491 e. The molecule has 0 aromatic heterocycles. The van der Waals surface area contributed by atoms with Gasteiger partial charge in [-0.2, -0.15) is 0 Å². The second-order valence-corrected chi connectivity index (χ2v) is 11.3. The summed E-state index contributed by atoms with van der Waals surface area (Å²) in [5.41, 5.74) is 4.75. The van der Waals surface area contributed by atoms with Crippen molar-refractivity contribution in [2.45, 2.75) is 52.5 Å². The molecule has 9 nitrogen and oxygen atoms in total. The Morgan fingerprint density at radius 2 is 1.71 bits per heavy atom. The summed E-state index contributed by atoms with van der Waals surface area (Å²) in [5.74, 6) is -2.53. The number of hydrogen-bond donors (Lipinski definition) is 2. The van der Waals surface area contributed by atoms with Gasteiger partial charge in [-0.25, -0.2) is 4.39 Å². The zero-order valence-corrected chi connectivity index (χ0v) is 26.2. The van der Waals surface area contributed by atoms with Crippen LogP contribution in [-0.2, 0) is 27.2 Å². The summed E-state index contributed by atoms with van der Waals surface area (Å²) >= 11 is 0. The number of aryl methyl sites for hydroxylation is 2. The molecule has 1 unspecified atom stereocenters. The number of aliphatic carboxylic acids is 1. The molecular formula is C35H41FN2O7. The van der Waals surface area contributed by atoms with Gasteiger partial charge in [0.25, 0.3) is 0 Å². The Bertz CT molecular complexity index is 1510. The number of para-hydroxylation sites is 1. The van der Waals surface area contributed by atoms with Crippen molar-refractivity contribution in [3.05, 3.63) is 82.2 Å². The smallest absolute Gasteiger partial charge is 0.309 e. The summed E-state index contributed by atoms with van der Waals surface area (Å²) in [7, 11) is 0. The first-order chi connectivity index (χ1) is 21.8. The summed E-state index contributed by atoms with van der Waals surface area (Å²) in [6.07, 6.45) is 1.51. The fraction of sp³-hybridized carbons (Fsp3) is 0.429. The molecule has 0 saturated carbocycles. The highest BCUT2D eigenvalue weighted by atomic mass is 19.1. The van der Waals surface area contributed by atoms with Gasteiger partial charge in [-0.05, 0) is 72.7 Å². The lowest BCUT2D eigenvalue weighted by Gasteiger charge is -2.27. The van der Waals surface area contributed by atoms with Crippen molar-refractivity contribution in [2.75, 3.05) is 45.0 Å². The van der Waals surface area contributed by atoms with Crippen LogP contribution in [0.2, 0.25) is 0 Å². The van der Waals surface area contributed by atoms with Crippen LogP contribution in [0.15, 0.2) is 48.5 Å². The normalized spacial score (nSPS) is 19.1. The van der Waals surface area contributed by atoms with Gasteiger partial charge >= 0.3 is 5.97 Å². The van der Waals surface area contributed by atoms with Gasteiger partial charge < -0.3 is 29.4 Å². The van der Waals surface area contributed by atoms with E-state index in [2.05, 4.69) is 5.32 Å². The summed E-state index contributed by atoms with van der Waals surface area (Å²) in [6.45, 7) is 9.30. The molecule has 5 rings (SSSR count). The monoisotopic (exact) mass is 620 g/mol. The van der Waals surface area contributed by atoms with E-state index in [-0.39, 0.29) is 31.5 Å². The number of fused-ring (bicyclic) bond motifs is 1. The van der Waals surface area contributed by atoms with Gasteiger partial charge in [0.2, 0.25) is 18.4 Å². The largest absolute Gasteiger partial charge is 0.491 e. The maximum absolute atomic E-state index is 15.2. The molecule has 1 amide bonds. The highest BCUT2D eigenvalue weighted by molar-refractivity contribution is 5.94. The van der Waals surface area contributed by atoms with Gasteiger partial charge in [0, 0.05) is 30.8 Å². The SMILES string of the molecule is CCOCCOc1ccc([C@H]2C(C(=O)O)[C@@H](c3cc(F)c4c(c3C)OCO4)CN2CC(=O)Nc2c(CC)cccc2CC)cc1. The molecule has 2 aliphatic rings. The number of amides is 1. The lowest BCUT2D eigenvalue weighted by Crippen LogP contribution is -2.35. The number of carbonyl (C=O) groups excluding carboxylic acids is 1. The van der Waals surface area contributed by atoms with Gasteiger partial charge in [0.05, 0.1) is 19.1 Å². The first-order valence-electron chi connectivity index (χ1n) is 15.5. The first-order valence-corrected chi connectivity index (χ1v) is 15.5. The van der Waals surface area contributed by atoms with Crippen LogP contribution in [0.1, 0.15) is 60.5 Å². The number of carboxylic acids is 1. The van der Waals surface area contributed by atoms with E-state index >= 15 is 4.39 Å². The number of anilines is 1. The molecule has 0 radical (unpaired) electrons. The zero-order valence-electron chi connectivity index (χ0n) is 26.2. The van der Waals surface area contributed by atoms with Gasteiger partial charge in [0.1, 0.15) is 12.4 Å². The van der Waals surface area contributed by atoms with Crippen molar-refractivity contribution in [1.82, 2.24) is 4.90 Å². The molecule has 1 fully saturated rings. The topological polar surface area (TPSA) is 107 Å². The average molecular weight is 621 g/mol. The number of benzene rings is 3. The van der Waals surface area contributed by atoms with Crippen molar-refractivity contribution in [1.29, 1.82) is 0 Å². The van der Waals surface area contributed by atoms with Gasteiger partial charge in [-0.1, -0.05) is 44.2 Å². The van der Waals surface area contributed by atoms with Crippen LogP contribution >= 0.6 is 0 Å². The summed E-state index contributed by atoms with van der Waals surface area (Å²) in [4.78, 5) is 28.6. The number of hydrogen-bond acceptors (Lipinski definition) is 7. The number of carboxylic acid groups (broad SMARTS) is 1. The van der Waals surface area contributed by atoms with E-state index in [9.17, 15) is 14.7 Å². The fourth-order valence-electron chi connectivity index (χ4n) is 6.56. The van der Waals surface area contributed by atoms with Crippen LogP contribution in [0.25, 0.3) is 0 Å². The predicted molar refractivity (Wildman–Crippen MR) is 168 cm³/mol. The molecule has 3 aromatic rings. The Labute approximate surface area is 263 Å². The molecule has 3 aromatic carbocycles. The van der Waals surface area contributed by atoms with Crippen molar-refractivity contribution >= 4 is 17.6 Å². The Morgan fingerprint density at radius 1 is 1.02 bits per heavy atom. The number of halogens is 1. The van der Waals surface area contributed by atoms with Crippen molar-refractivity contribution in [2.24, 2.45) is 5.92 Å². The van der Waals surface area contributed by atoms with Gasteiger partial charge in [-0.15, -0.1) is 0 Å². The summed E-state index contributed by atoms with van der Waals surface area (Å²) < 4.78 is 37.2. The lowest BCUT2D eigenvalue weighted by atomic mass is 9.81. The van der Waals surface area contributed by atoms with E-state index in [1.165, 1.54) is 6.07 Å². The average Bonchev–Trinajstić information content (AvgIpc) is 3.68. The third kappa shape index (κ3) is 6.77. The molecular weight excluding hydrogens is 579 g/mol. The number of rotatable bonds is 13. The zero-order chi connectivity index (χ0) is 32.1. The Hall–Kier alpha value is -4.15. The molecule has 10 heteroatoms. The van der Waals surface area contributed by atoms with Crippen LogP contribution in [0, 0.1) is 18.7 Å². The summed E-state index contributed by atoms with van der Waals surface area (Å²) in [5, 5.41) is 13.8. The van der Waals surface area contributed by atoms with Crippen LogP contribution < -0.4 is 19.5 Å². The van der Waals surface area contributed by atoms with E-state index in [0.717, 1.165) is 35.2 Å². The van der Waals surface area contributed by atoms with Crippen LogP contribution in [0.3, 0.4) is 0 Å². The molecule has 1 saturated heterocycles. The maximum atomic E-state index is 15.2. The third-order valence-electron chi connectivity index (χ3n) is 8.70. The van der Waals surface area contributed by atoms with Crippen molar-refractivity contribution in [3.8, 4) is 17.2 Å². The molecule has 3 atom stereocenters. The fourth-order valence-corrected chi connectivity index (χ4v) is 6.56.